The van der Waals surface area contributed by atoms with Gasteiger partial charge < -0.3 is 10.4 Å². The molecule has 1 heterocycles. The number of amides is 1. The lowest BCUT2D eigenvalue weighted by Crippen LogP contribution is -2.37. The van der Waals surface area contributed by atoms with E-state index in [0.717, 1.165) is 30.5 Å². The lowest BCUT2D eigenvalue weighted by atomic mass is 9.81. The summed E-state index contributed by atoms with van der Waals surface area (Å²) >= 11 is 0. The number of aryl methyl sites for hydroxylation is 2. The van der Waals surface area contributed by atoms with Crippen molar-refractivity contribution in [2.75, 3.05) is 25.0 Å². The first-order chi connectivity index (χ1) is 10.9. The van der Waals surface area contributed by atoms with Gasteiger partial charge in [-0.1, -0.05) is 12.5 Å². The Labute approximate surface area is 136 Å². The zero-order valence-electron chi connectivity index (χ0n) is 13.8. The van der Waals surface area contributed by atoms with E-state index in [1.807, 2.05) is 36.9 Å². The van der Waals surface area contributed by atoms with Gasteiger partial charge in [0.2, 0.25) is 5.91 Å². The summed E-state index contributed by atoms with van der Waals surface area (Å²) < 4.78 is 0. The number of fused-ring (bicyclic) bond motifs is 1. The van der Waals surface area contributed by atoms with Crippen LogP contribution in [0.25, 0.3) is 0 Å². The molecule has 1 aromatic carbocycles. The molecule has 0 radical (unpaired) electrons. The minimum absolute atomic E-state index is 0.0752. The van der Waals surface area contributed by atoms with E-state index in [2.05, 4.69) is 5.32 Å². The van der Waals surface area contributed by atoms with Gasteiger partial charge in [-0.05, 0) is 55.9 Å². The maximum Gasteiger partial charge on any atom is 0.311 e. The topological polar surface area (TPSA) is 69.6 Å². The van der Waals surface area contributed by atoms with Crippen LogP contribution in [0.4, 0.5) is 5.69 Å². The van der Waals surface area contributed by atoms with Crippen LogP contribution in [0.1, 0.15) is 30.4 Å². The number of hydrogen-bond acceptors (Lipinski definition) is 3. The third-order valence-electron chi connectivity index (χ3n) is 5.53. The number of hydrogen-bond donors (Lipinski definition) is 2. The number of nitrogens with one attached hydrogen (secondary N) is 1. The Hall–Kier alpha value is -1.88. The molecule has 0 aromatic heterocycles. The van der Waals surface area contributed by atoms with Crippen molar-refractivity contribution in [2.24, 2.45) is 11.3 Å². The molecule has 5 nitrogen and oxygen atoms in total. The van der Waals surface area contributed by atoms with E-state index in [1.165, 1.54) is 5.56 Å². The second-order valence-corrected chi connectivity index (χ2v) is 7.07. The van der Waals surface area contributed by atoms with Crippen molar-refractivity contribution in [2.45, 2.75) is 33.1 Å². The van der Waals surface area contributed by atoms with Crippen molar-refractivity contribution >= 4 is 17.6 Å². The zero-order valence-corrected chi connectivity index (χ0v) is 13.8. The monoisotopic (exact) mass is 316 g/mol. The molecule has 0 bridgehead atoms. The lowest BCUT2D eigenvalue weighted by molar-refractivity contribution is -0.149. The van der Waals surface area contributed by atoms with Crippen LogP contribution in [-0.4, -0.2) is 41.5 Å². The molecule has 124 valence electrons. The molecule has 1 aromatic rings. The molecule has 1 aliphatic heterocycles. The van der Waals surface area contributed by atoms with E-state index in [0.29, 0.717) is 13.1 Å². The van der Waals surface area contributed by atoms with Gasteiger partial charge in [-0.2, -0.15) is 0 Å². The molecule has 0 unspecified atom stereocenters. The molecule has 2 atom stereocenters. The Balaban J connectivity index is 1.61. The molecule has 2 aliphatic rings. The highest BCUT2D eigenvalue weighted by Crippen LogP contribution is 2.48. The smallest absolute Gasteiger partial charge is 0.311 e. The number of nitrogens with zero attached hydrogens (tertiary/aromatic N) is 1. The van der Waals surface area contributed by atoms with E-state index in [-0.39, 0.29) is 18.4 Å². The predicted octanol–water partition coefficient (Wildman–Crippen LogP) is 2.43. The third-order valence-corrected chi connectivity index (χ3v) is 5.53. The van der Waals surface area contributed by atoms with Crippen molar-refractivity contribution in [3.63, 3.8) is 0 Å². The van der Waals surface area contributed by atoms with Crippen LogP contribution >= 0.6 is 0 Å². The molecule has 1 amide bonds. The molecule has 2 N–H and O–H groups in total. The highest BCUT2D eigenvalue weighted by Gasteiger charge is 2.54. The van der Waals surface area contributed by atoms with Crippen molar-refractivity contribution in [3.05, 3.63) is 29.3 Å². The first-order valence-corrected chi connectivity index (χ1v) is 8.23. The van der Waals surface area contributed by atoms with Crippen molar-refractivity contribution in [1.82, 2.24) is 4.90 Å². The maximum absolute atomic E-state index is 12.3. The highest BCUT2D eigenvalue weighted by atomic mass is 16.4. The van der Waals surface area contributed by atoms with Gasteiger partial charge in [-0.25, -0.2) is 0 Å². The quantitative estimate of drug-likeness (QED) is 0.895. The standard InChI is InChI=1S/C18H24N2O3/c1-12-5-6-15(8-13(12)2)19-16(21)10-20-9-14-4-3-7-18(14,11-20)17(22)23/h5-6,8,14H,3-4,7,9-11H2,1-2H3,(H,19,21)(H,22,23)/t14-,18+/m0/s1. The summed E-state index contributed by atoms with van der Waals surface area (Å²) in [7, 11) is 0. The van der Waals surface area contributed by atoms with Gasteiger partial charge in [0.05, 0.1) is 12.0 Å². The van der Waals surface area contributed by atoms with Crippen LogP contribution < -0.4 is 5.32 Å². The van der Waals surface area contributed by atoms with Crippen molar-refractivity contribution < 1.29 is 14.7 Å². The van der Waals surface area contributed by atoms with Crippen LogP contribution in [0.3, 0.4) is 0 Å². The number of rotatable bonds is 4. The number of carbonyl (C=O) groups is 2. The van der Waals surface area contributed by atoms with Crippen LogP contribution in [0.5, 0.6) is 0 Å². The molecule has 1 saturated heterocycles. The normalized spacial score (nSPS) is 27.0. The maximum atomic E-state index is 12.3. The van der Waals surface area contributed by atoms with Gasteiger partial charge in [0.15, 0.2) is 0 Å². The first-order valence-electron chi connectivity index (χ1n) is 8.23. The first kappa shape index (κ1) is 16.0. The number of carboxylic acid groups (broad SMARTS) is 1. The molecule has 0 spiro atoms. The summed E-state index contributed by atoms with van der Waals surface area (Å²) in [5.74, 6) is -0.583. The number of carboxylic acids is 1. The molecule has 1 aliphatic carbocycles. The van der Waals surface area contributed by atoms with E-state index in [4.69, 9.17) is 0 Å². The Kier molecular flexibility index (Phi) is 4.15. The van der Waals surface area contributed by atoms with Crippen LogP contribution in [0.15, 0.2) is 18.2 Å². The van der Waals surface area contributed by atoms with Gasteiger partial charge in [0, 0.05) is 18.8 Å². The minimum Gasteiger partial charge on any atom is -0.481 e. The van der Waals surface area contributed by atoms with Crippen LogP contribution in [0.2, 0.25) is 0 Å². The van der Waals surface area contributed by atoms with Gasteiger partial charge in [-0.3, -0.25) is 14.5 Å². The van der Waals surface area contributed by atoms with Crippen molar-refractivity contribution in [1.29, 1.82) is 0 Å². The van der Waals surface area contributed by atoms with Gasteiger partial charge in [0.25, 0.3) is 0 Å². The fraction of sp³-hybridized carbons (Fsp3) is 0.556. The van der Waals surface area contributed by atoms with Gasteiger partial charge in [-0.15, -0.1) is 0 Å². The molecule has 1 saturated carbocycles. The fourth-order valence-corrected chi connectivity index (χ4v) is 4.09. The minimum atomic E-state index is -0.697. The van der Waals surface area contributed by atoms with E-state index in [9.17, 15) is 14.7 Å². The molecule has 5 heteroatoms. The zero-order chi connectivity index (χ0) is 16.6. The number of likely N-dealkylation sites (tertiary alicyclic amines) is 1. The Bertz CT molecular complexity index is 643. The molecule has 23 heavy (non-hydrogen) atoms. The summed E-state index contributed by atoms with van der Waals surface area (Å²) in [6, 6.07) is 5.85. The summed E-state index contributed by atoms with van der Waals surface area (Å²) in [6.07, 6.45) is 2.68. The average molecular weight is 316 g/mol. The fourth-order valence-electron chi connectivity index (χ4n) is 4.09. The lowest BCUT2D eigenvalue weighted by Gasteiger charge is -2.23. The summed E-state index contributed by atoms with van der Waals surface area (Å²) in [5, 5.41) is 12.5. The predicted molar refractivity (Wildman–Crippen MR) is 88.4 cm³/mol. The van der Waals surface area contributed by atoms with Gasteiger partial charge in [0.1, 0.15) is 0 Å². The third kappa shape index (κ3) is 2.98. The molecule has 3 rings (SSSR count). The van der Waals surface area contributed by atoms with E-state index < -0.39 is 11.4 Å². The number of aliphatic carboxylic acids is 1. The molecule has 2 fully saturated rings. The summed E-state index contributed by atoms with van der Waals surface area (Å²) in [5.41, 5.74) is 2.51. The second-order valence-electron chi connectivity index (χ2n) is 7.07. The SMILES string of the molecule is Cc1ccc(NC(=O)CN2C[C@@H]3CCC[C@@]3(C(=O)O)C2)cc1C. The Morgan fingerprint density at radius 3 is 2.78 bits per heavy atom. The Morgan fingerprint density at radius 2 is 2.13 bits per heavy atom. The van der Waals surface area contributed by atoms with Crippen LogP contribution in [-0.2, 0) is 9.59 Å². The van der Waals surface area contributed by atoms with Crippen molar-refractivity contribution in [3.8, 4) is 0 Å². The summed E-state index contributed by atoms with van der Waals surface area (Å²) in [4.78, 5) is 25.9. The Morgan fingerprint density at radius 1 is 1.35 bits per heavy atom. The number of anilines is 1. The summed E-state index contributed by atoms with van der Waals surface area (Å²) in [6.45, 7) is 5.52. The van der Waals surface area contributed by atoms with Crippen LogP contribution in [0, 0.1) is 25.2 Å². The molecular weight excluding hydrogens is 292 g/mol. The molecular formula is C18H24N2O3. The largest absolute Gasteiger partial charge is 0.481 e. The van der Waals surface area contributed by atoms with E-state index in [1.54, 1.807) is 0 Å². The number of benzene rings is 1. The van der Waals surface area contributed by atoms with E-state index >= 15 is 0 Å². The number of carbonyl (C=O) groups excluding carboxylic acids is 1. The van der Waals surface area contributed by atoms with Gasteiger partial charge >= 0.3 is 5.97 Å². The highest BCUT2D eigenvalue weighted by molar-refractivity contribution is 5.92. The second kappa shape index (κ2) is 5.96. The average Bonchev–Trinajstić information content (AvgIpc) is 3.00.